The quantitative estimate of drug-likeness (QED) is 0.699. The fourth-order valence-electron chi connectivity index (χ4n) is 1.58. The molecule has 0 saturated heterocycles. The molecule has 1 aromatic carbocycles. The number of hydrogen-bond acceptors (Lipinski definition) is 5. The number of aryl methyl sites for hydroxylation is 1. The monoisotopic (exact) mass is 438 g/mol. The van der Waals surface area contributed by atoms with E-state index in [0.29, 0.717) is 3.57 Å². The molecule has 0 aliphatic rings. The van der Waals surface area contributed by atoms with Crippen molar-refractivity contribution in [3.63, 3.8) is 0 Å². The molecule has 0 aliphatic carbocycles. The van der Waals surface area contributed by atoms with Crippen LogP contribution in [0.3, 0.4) is 0 Å². The number of carbonyl (C=O) groups is 1. The molecule has 2 aromatic rings. The first kappa shape index (κ1) is 16.3. The lowest BCUT2D eigenvalue weighted by atomic mass is 10.2. The lowest BCUT2D eigenvalue weighted by molar-refractivity contribution is 0.0695. The topological polar surface area (TPSA) is 96.4 Å². The Morgan fingerprint density at radius 2 is 2.19 bits per heavy atom. The Balaban J connectivity index is 2.26. The summed E-state index contributed by atoms with van der Waals surface area (Å²) < 4.78 is 27.3. The lowest BCUT2D eigenvalue weighted by Crippen LogP contribution is -2.23. The van der Waals surface area contributed by atoms with Gasteiger partial charge >= 0.3 is 5.97 Å². The number of sulfonamides is 1. The van der Waals surface area contributed by atoms with Gasteiger partial charge in [0.15, 0.2) is 0 Å². The Morgan fingerprint density at radius 3 is 2.76 bits per heavy atom. The molecule has 2 N–H and O–H groups in total. The smallest absolute Gasteiger partial charge is 0.336 e. The molecule has 2 rings (SSSR count). The van der Waals surface area contributed by atoms with Gasteiger partial charge in [0.25, 0.3) is 0 Å². The van der Waals surface area contributed by atoms with Crippen molar-refractivity contribution in [2.75, 3.05) is 0 Å². The average molecular weight is 438 g/mol. The molecular formula is C12H11IN2O4S2. The zero-order chi connectivity index (χ0) is 15.6. The third-order valence-corrected chi connectivity index (χ3v) is 6.02. The van der Waals surface area contributed by atoms with Crippen LogP contribution in [-0.2, 0) is 16.6 Å². The second-order valence-electron chi connectivity index (χ2n) is 4.13. The molecule has 0 aliphatic heterocycles. The van der Waals surface area contributed by atoms with Gasteiger partial charge < -0.3 is 5.11 Å². The summed E-state index contributed by atoms with van der Waals surface area (Å²) in [6, 6.07) is 4.01. The van der Waals surface area contributed by atoms with E-state index in [2.05, 4.69) is 9.71 Å². The summed E-state index contributed by atoms with van der Waals surface area (Å²) in [5.74, 6) is -1.16. The van der Waals surface area contributed by atoms with Crippen LogP contribution in [-0.4, -0.2) is 24.5 Å². The molecule has 1 heterocycles. The van der Waals surface area contributed by atoms with Crippen molar-refractivity contribution in [1.82, 2.24) is 9.71 Å². The van der Waals surface area contributed by atoms with E-state index in [1.165, 1.54) is 23.5 Å². The van der Waals surface area contributed by atoms with Crippen LogP contribution in [0.25, 0.3) is 0 Å². The van der Waals surface area contributed by atoms with Gasteiger partial charge in [0, 0.05) is 15.0 Å². The van der Waals surface area contributed by atoms with Crippen LogP contribution in [0.5, 0.6) is 0 Å². The van der Waals surface area contributed by atoms with E-state index in [4.69, 9.17) is 5.11 Å². The van der Waals surface area contributed by atoms with E-state index in [-0.39, 0.29) is 17.0 Å². The molecule has 0 atom stereocenters. The minimum atomic E-state index is -3.76. The molecule has 0 saturated carbocycles. The molecular weight excluding hydrogens is 427 g/mol. The Labute approximate surface area is 139 Å². The highest BCUT2D eigenvalue weighted by Gasteiger charge is 2.18. The molecule has 0 fully saturated rings. The number of aromatic carboxylic acids is 1. The third kappa shape index (κ3) is 3.78. The highest BCUT2D eigenvalue weighted by atomic mass is 127. The van der Waals surface area contributed by atoms with Gasteiger partial charge in [-0.1, -0.05) is 0 Å². The van der Waals surface area contributed by atoms with Crippen molar-refractivity contribution in [2.24, 2.45) is 0 Å². The zero-order valence-electron chi connectivity index (χ0n) is 10.8. The SMILES string of the molecule is Cc1ncsc1CNS(=O)(=O)c1ccc(I)c(C(=O)O)c1. The maximum Gasteiger partial charge on any atom is 0.336 e. The lowest BCUT2D eigenvalue weighted by Gasteiger charge is -2.08. The first-order valence-corrected chi connectivity index (χ1v) is 9.17. The highest BCUT2D eigenvalue weighted by molar-refractivity contribution is 14.1. The zero-order valence-corrected chi connectivity index (χ0v) is 14.6. The minimum Gasteiger partial charge on any atom is -0.478 e. The molecule has 0 bridgehead atoms. The molecule has 0 amide bonds. The average Bonchev–Trinajstić information content (AvgIpc) is 2.82. The van der Waals surface area contributed by atoms with Crippen molar-refractivity contribution in [3.8, 4) is 0 Å². The number of aromatic nitrogens is 1. The molecule has 112 valence electrons. The number of thiazole rings is 1. The van der Waals surface area contributed by atoms with Crippen LogP contribution >= 0.6 is 33.9 Å². The predicted molar refractivity (Wildman–Crippen MR) is 87.0 cm³/mol. The highest BCUT2D eigenvalue weighted by Crippen LogP contribution is 2.19. The Bertz CT molecular complexity index is 786. The van der Waals surface area contributed by atoms with Gasteiger partial charge in [0.2, 0.25) is 10.0 Å². The van der Waals surface area contributed by atoms with Crippen molar-refractivity contribution >= 4 is 49.9 Å². The molecule has 0 spiro atoms. The largest absolute Gasteiger partial charge is 0.478 e. The van der Waals surface area contributed by atoms with E-state index in [0.717, 1.165) is 16.6 Å². The fourth-order valence-corrected chi connectivity index (χ4v) is 3.97. The first-order chi connectivity index (χ1) is 9.81. The van der Waals surface area contributed by atoms with Crippen molar-refractivity contribution in [1.29, 1.82) is 0 Å². The number of carboxylic acid groups (broad SMARTS) is 1. The normalized spacial score (nSPS) is 11.5. The van der Waals surface area contributed by atoms with E-state index >= 15 is 0 Å². The third-order valence-electron chi connectivity index (χ3n) is 2.75. The number of carboxylic acids is 1. The van der Waals surface area contributed by atoms with Crippen LogP contribution in [0.15, 0.2) is 28.6 Å². The maximum absolute atomic E-state index is 12.2. The van der Waals surface area contributed by atoms with Crippen LogP contribution in [0.4, 0.5) is 0 Å². The maximum atomic E-state index is 12.2. The van der Waals surface area contributed by atoms with Gasteiger partial charge in [-0.15, -0.1) is 11.3 Å². The van der Waals surface area contributed by atoms with E-state index < -0.39 is 16.0 Å². The Morgan fingerprint density at radius 1 is 1.48 bits per heavy atom. The van der Waals surface area contributed by atoms with Gasteiger partial charge in [-0.2, -0.15) is 0 Å². The number of benzene rings is 1. The van der Waals surface area contributed by atoms with E-state index in [9.17, 15) is 13.2 Å². The first-order valence-electron chi connectivity index (χ1n) is 5.73. The summed E-state index contributed by atoms with van der Waals surface area (Å²) in [6.07, 6.45) is 0. The number of halogens is 1. The molecule has 0 unspecified atom stereocenters. The standard InChI is InChI=1S/C12H11IN2O4S2/c1-7-11(20-6-14-7)5-15-21(18,19)8-2-3-10(13)9(4-8)12(16)17/h2-4,6,15H,5H2,1H3,(H,16,17). The van der Waals surface area contributed by atoms with E-state index in [1.54, 1.807) is 12.4 Å². The van der Waals surface area contributed by atoms with Gasteiger partial charge in [0.1, 0.15) is 0 Å². The molecule has 1 aromatic heterocycles. The summed E-state index contributed by atoms with van der Waals surface area (Å²) in [7, 11) is -3.76. The fraction of sp³-hybridized carbons (Fsp3) is 0.167. The number of hydrogen-bond donors (Lipinski definition) is 2. The van der Waals surface area contributed by atoms with Gasteiger partial charge in [0.05, 0.1) is 21.7 Å². The van der Waals surface area contributed by atoms with Gasteiger partial charge in [-0.05, 0) is 47.7 Å². The Hall–Kier alpha value is -1.04. The summed E-state index contributed by atoms with van der Waals surface area (Å²) in [5, 5.41) is 9.05. The molecule has 6 nitrogen and oxygen atoms in total. The number of nitrogens with one attached hydrogen (secondary N) is 1. The van der Waals surface area contributed by atoms with E-state index in [1.807, 2.05) is 22.6 Å². The van der Waals surface area contributed by atoms with Crippen LogP contribution in [0, 0.1) is 10.5 Å². The Kier molecular flexibility index (Phi) is 4.96. The van der Waals surface area contributed by atoms with Gasteiger partial charge in [-0.25, -0.2) is 22.9 Å². The predicted octanol–water partition coefficient (Wildman–Crippen LogP) is 2.23. The van der Waals surface area contributed by atoms with Crippen LogP contribution < -0.4 is 4.72 Å². The van der Waals surface area contributed by atoms with Crippen LogP contribution in [0.2, 0.25) is 0 Å². The van der Waals surface area contributed by atoms with Gasteiger partial charge in [-0.3, -0.25) is 0 Å². The second kappa shape index (κ2) is 6.38. The summed E-state index contributed by atoms with van der Waals surface area (Å²) in [4.78, 5) is 15.9. The summed E-state index contributed by atoms with van der Waals surface area (Å²) in [5.41, 5.74) is 2.39. The van der Waals surface area contributed by atoms with Crippen LogP contribution in [0.1, 0.15) is 20.9 Å². The summed E-state index contributed by atoms with van der Waals surface area (Å²) in [6.45, 7) is 1.93. The number of nitrogens with zero attached hydrogens (tertiary/aromatic N) is 1. The summed E-state index contributed by atoms with van der Waals surface area (Å²) >= 11 is 3.21. The van der Waals surface area contributed by atoms with Crippen molar-refractivity contribution in [2.45, 2.75) is 18.4 Å². The van der Waals surface area contributed by atoms with Crippen molar-refractivity contribution in [3.05, 3.63) is 43.4 Å². The molecule has 21 heavy (non-hydrogen) atoms. The minimum absolute atomic E-state index is 0.0348. The number of rotatable bonds is 5. The molecule has 9 heteroatoms. The molecule has 0 radical (unpaired) electrons. The van der Waals surface area contributed by atoms with Crippen molar-refractivity contribution < 1.29 is 18.3 Å². The second-order valence-corrected chi connectivity index (χ2v) is 8.00.